The van der Waals surface area contributed by atoms with Crippen molar-refractivity contribution in [3.63, 3.8) is 0 Å². The second-order valence-corrected chi connectivity index (χ2v) is 4.69. The first-order valence-corrected chi connectivity index (χ1v) is 6.31. The standard InChI is InChI=1S/C14H17F2NO3/c1-3-8(2)13(14(19)20)17-12(18)7-9-4-5-10(15)11(16)6-9/h4-6,8,13H,3,7H2,1-2H3,(H,17,18)(H,19,20)/t8?,13-/m0/s1. The van der Waals surface area contributed by atoms with Crippen LogP contribution in [0.4, 0.5) is 8.78 Å². The number of rotatable bonds is 6. The van der Waals surface area contributed by atoms with Gasteiger partial charge in [0, 0.05) is 0 Å². The Labute approximate surface area is 115 Å². The summed E-state index contributed by atoms with van der Waals surface area (Å²) in [5, 5.41) is 11.4. The number of nitrogens with one attached hydrogen (secondary N) is 1. The molecule has 1 aromatic carbocycles. The number of amides is 1. The molecule has 110 valence electrons. The zero-order valence-corrected chi connectivity index (χ0v) is 11.3. The maximum atomic E-state index is 13.0. The van der Waals surface area contributed by atoms with E-state index in [2.05, 4.69) is 5.32 Å². The minimum absolute atomic E-state index is 0.197. The second-order valence-electron chi connectivity index (χ2n) is 4.69. The van der Waals surface area contributed by atoms with Crippen molar-refractivity contribution in [1.29, 1.82) is 0 Å². The van der Waals surface area contributed by atoms with Gasteiger partial charge in [-0.3, -0.25) is 4.79 Å². The van der Waals surface area contributed by atoms with Crippen LogP contribution in [-0.2, 0) is 16.0 Å². The molecule has 0 radical (unpaired) electrons. The third-order valence-corrected chi connectivity index (χ3v) is 3.14. The van der Waals surface area contributed by atoms with Crippen LogP contribution in [0.1, 0.15) is 25.8 Å². The van der Waals surface area contributed by atoms with Gasteiger partial charge in [-0.25, -0.2) is 13.6 Å². The first-order valence-electron chi connectivity index (χ1n) is 6.31. The van der Waals surface area contributed by atoms with Crippen molar-refractivity contribution in [2.45, 2.75) is 32.7 Å². The molecule has 0 spiro atoms. The Kier molecular flexibility index (Phi) is 5.61. The van der Waals surface area contributed by atoms with Gasteiger partial charge in [0.05, 0.1) is 6.42 Å². The molecular formula is C14H17F2NO3. The third kappa shape index (κ3) is 4.29. The van der Waals surface area contributed by atoms with Crippen LogP contribution in [-0.4, -0.2) is 23.0 Å². The average Bonchev–Trinajstić information content (AvgIpc) is 2.39. The Bertz CT molecular complexity index is 505. The van der Waals surface area contributed by atoms with Crippen LogP contribution < -0.4 is 5.32 Å². The molecule has 1 amide bonds. The Morgan fingerprint density at radius 3 is 2.45 bits per heavy atom. The summed E-state index contributed by atoms with van der Waals surface area (Å²) in [6, 6.07) is 2.16. The van der Waals surface area contributed by atoms with Gasteiger partial charge >= 0.3 is 5.97 Å². The van der Waals surface area contributed by atoms with E-state index in [4.69, 9.17) is 5.11 Å². The van der Waals surface area contributed by atoms with Gasteiger partial charge in [-0.2, -0.15) is 0 Å². The molecule has 2 atom stereocenters. The number of hydrogen-bond acceptors (Lipinski definition) is 2. The first kappa shape index (κ1) is 16.1. The molecule has 0 saturated heterocycles. The zero-order valence-electron chi connectivity index (χ0n) is 11.3. The Hall–Kier alpha value is -1.98. The molecule has 1 unspecified atom stereocenters. The number of aliphatic carboxylic acids is 1. The van der Waals surface area contributed by atoms with E-state index in [1.165, 1.54) is 6.07 Å². The number of carboxylic acids is 1. The fourth-order valence-electron chi connectivity index (χ4n) is 1.74. The number of benzene rings is 1. The van der Waals surface area contributed by atoms with E-state index < -0.39 is 29.6 Å². The lowest BCUT2D eigenvalue weighted by Crippen LogP contribution is -2.45. The highest BCUT2D eigenvalue weighted by atomic mass is 19.2. The number of carbonyl (C=O) groups is 2. The van der Waals surface area contributed by atoms with Gasteiger partial charge in [-0.15, -0.1) is 0 Å². The Morgan fingerprint density at radius 1 is 1.30 bits per heavy atom. The summed E-state index contributed by atoms with van der Waals surface area (Å²) in [5.74, 6) is -3.90. The molecule has 0 aliphatic rings. The predicted octanol–water partition coefficient (Wildman–Crippen LogP) is 2.12. The number of halogens is 2. The van der Waals surface area contributed by atoms with E-state index in [1.54, 1.807) is 6.92 Å². The van der Waals surface area contributed by atoms with E-state index >= 15 is 0 Å². The molecule has 2 N–H and O–H groups in total. The van der Waals surface area contributed by atoms with Gasteiger partial charge in [0.25, 0.3) is 0 Å². The van der Waals surface area contributed by atoms with E-state index in [1.807, 2.05) is 6.92 Å². The van der Waals surface area contributed by atoms with Crippen LogP contribution in [0.2, 0.25) is 0 Å². The van der Waals surface area contributed by atoms with Crippen molar-refractivity contribution in [1.82, 2.24) is 5.32 Å². The summed E-state index contributed by atoms with van der Waals surface area (Å²) in [4.78, 5) is 22.8. The fraction of sp³-hybridized carbons (Fsp3) is 0.429. The van der Waals surface area contributed by atoms with E-state index in [9.17, 15) is 18.4 Å². The summed E-state index contributed by atoms with van der Waals surface area (Å²) in [5.41, 5.74) is 0.287. The van der Waals surface area contributed by atoms with Gasteiger partial charge in [-0.05, 0) is 23.6 Å². The summed E-state index contributed by atoms with van der Waals surface area (Å²) < 4.78 is 25.8. The monoisotopic (exact) mass is 285 g/mol. The second kappa shape index (κ2) is 6.98. The van der Waals surface area contributed by atoms with Crippen molar-refractivity contribution in [2.24, 2.45) is 5.92 Å². The lowest BCUT2D eigenvalue weighted by Gasteiger charge is -2.20. The highest BCUT2D eigenvalue weighted by molar-refractivity contribution is 5.85. The summed E-state index contributed by atoms with van der Waals surface area (Å²) in [7, 11) is 0. The Balaban J connectivity index is 2.70. The molecule has 0 heterocycles. The van der Waals surface area contributed by atoms with E-state index in [0.29, 0.717) is 6.42 Å². The molecule has 1 aromatic rings. The molecule has 4 nitrogen and oxygen atoms in total. The lowest BCUT2D eigenvalue weighted by molar-refractivity contribution is -0.143. The zero-order chi connectivity index (χ0) is 15.3. The van der Waals surface area contributed by atoms with Crippen molar-refractivity contribution in [3.8, 4) is 0 Å². The topological polar surface area (TPSA) is 66.4 Å². The number of hydrogen-bond donors (Lipinski definition) is 2. The SMILES string of the molecule is CCC(C)[C@H](NC(=O)Cc1ccc(F)c(F)c1)C(=O)O. The van der Waals surface area contributed by atoms with Crippen LogP contribution in [0.5, 0.6) is 0 Å². The molecule has 0 aliphatic heterocycles. The maximum Gasteiger partial charge on any atom is 0.326 e. The van der Waals surface area contributed by atoms with Gasteiger partial charge in [0.15, 0.2) is 11.6 Å². The van der Waals surface area contributed by atoms with Crippen molar-refractivity contribution >= 4 is 11.9 Å². The molecular weight excluding hydrogens is 268 g/mol. The first-order chi connectivity index (χ1) is 9.35. The van der Waals surface area contributed by atoms with Crippen LogP contribution >= 0.6 is 0 Å². The minimum atomic E-state index is -1.11. The van der Waals surface area contributed by atoms with Crippen LogP contribution in [0.15, 0.2) is 18.2 Å². The molecule has 20 heavy (non-hydrogen) atoms. The van der Waals surface area contributed by atoms with Crippen molar-refractivity contribution < 1.29 is 23.5 Å². The van der Waals surface area contributed by atoms with Gasteiger partial charge < -0.3 is 10.4 Å². The summed E-state index contributed by atoms with van der Waals surface area (Å²) >= 11 is 0. The highest BCUT2D eigenvalue weighted by Gasteiger charge is 2.25. The van der Waals surface area contributed by atoms with Crippen LogP contribution in [0.3, 0.4) is 0 Å². The fourth-order valence-corrected chi connectivity index (χ4v) is 1.74. The molecule has 0 saturated carbocycles. The van der Waals surface area contributed by atoms with Crippen molar-refractivity contribution in [2.75, 3.05) is 0 Å². The smallest absolute Gasteiger partial charge is 0.326 e. The van der Waals surface area contributed by atoms with Gasteiger partial charge in [0.1, 0.15) is 6.04 Å². The lowest BCUT2D eigenvalue weighted by atomic mass is 9.99. The highest BCUT2D eigenvalue weighted by Crippen LogP contribution is 2.11. The van der Waals surface area contributed by atoms with E-state index in [0.717, 1.165) is 12.1 Å². The largest absolute Gasteiger partial charge is 0.480 e. The van der Waals surface area contributed by atoms with E-state index in [-0.39, 0.29) is 17.9 Å². The van der Waals surface area contributed by atoms with Crippen LogP contribution in [0, 0.1) is 17.6 Å². The molecule has 0 aromatic heterocycles. The molecule has 0 fully saturated rings. The normalized spacial score (nSPS) is 13.6. The van der Waals surface area contributed by atoms with Crippen molar-refractivity contribution in [3.05, 3.63) is 35.4 Å². The maximum absolute atomic E-state index is 13.0. The summed E-state index contributed by atoms with van der Waals surface area (Å²) in [6.45, 7) is 3.54. The van der Waals surface area contributed by atoms with Gasteiger partial charge in [0.2, 0.25) is 5.91 Å². The number of carbonyl (C=O) groups excluding carboxylic acids is 1. The predicted molar refractivity (Wildman–Crippen MR) is 69.1 cm³/mol. The van der Waals surface area contributed by atoms with Crippen LogP contribution in [0.25, 0.3) is 0 Å². The quantitative estimate of drug-likeness (QED) is 0.841. The molecule has 0 aliphatic carbocycles. The Morgan fingerprint density at radius 2 is 1.95 bits per heavy atom. The number of carboxylic acid groups (broad SMARTS) is 1. The average molecular weight is 285 g/mol. The molecule has 6 heteroatoms. The summed E-state index contributed by atoms with van der Waals surface area (Å²) in [6.07, 6.45) is 0.403. The molecule has 1 rings (SSSR count). The third-order valence-electron chi connectivity index (χ3n) is 3.14. The van der Waals surface area contributed by atoms with Gasteiger partial charge in [-0.1, -0.05) is 26.3 Å². The minimum Gasteiger partial charge on any atom is -0.480 e. The molecule has 0 bridgehead atoms.